The predicted molar refractivity (Wildman–Crippen MR) is 98.0 cm³/mol. The minimum atomic E-state index is 0.485. The molecule has 2 aromatic rings. The van der Waals surface area contributed by atoms with Gasteiger partial charge in [0.25, 0.3) is 0 Å². The maximum absolute atomic E-state index is 5.55. The molecule has 0 amide bonds. The van der Waals surface area contributed by atoms with Crippen LogP contribution in [0.2, 0.25) is 0 Å². The average molecular weight is 342 g/mol. The van der Waals surface area contributed by atoms with E-state index in [9.17, 15) is 0 Å². The lowest BCUT2D eigenvalue weighted by Crippen LogP contribution is -2.38. The van der Waals surface area contributed by atoms with Crippen LogP contribution in [0.3, 0.4) is 0 Å². The topological polar surface area (TPSA) is 71.7 Å². The van der Waals surface area contributed by atoms with Crippen molar-refractivity contribution >= 4 is 5.96 Å². The number of rotatable bonds is 7. The van der Waals surface area contributed by atoms with Gasteiger partial charge in [-0.25, -0.2) is 4.99 Å². The minimum absolute atomic E-state index is 0.485. The zero-order chi connectivity index (χ0) is 17.5. The number of fused-ring (bicyclic) bond motifs is 1. The van der Waals surface area contributed by atoms with Crippen molar-refractivity contribution in [3.8, 4) is 5.75 Å². The van der Waals surface area contributed by atoms with Crippen LogP contribution in [0.1, 0.15) is 36.4 Å². The summed E-state index contributed by atoms with van der Waals surface area (Å²) in [6, 6.07) is 8.41. The van der Waals surface area contributed by atoms with Crippen LogP contribution >= 0.6 is 0 Å². The van der Waals surface area contributed by atoms with Gasteiger partial charge in [0, 0.05) is 25.6 Å². The summed E-state index contributed by atoms with van der Waals surface area (Å²) < 4.78 is 10.8. The van der Waals surface area contributed by atoms with Crippen LogP contribution in [0, 0.1) is 0 Å². The van der Waals surface area contributed by atoms with Gasteiger partial charge in [0.2, 0.25) is 0 Å². The molecular formula is C19H26N4O2. The predicted octanol–water partition coefficient (Wildman–Crippen LogP) is 2.47. The highest BCUT2D eigenvalue weighted by Gasteiger charge is 2.11. The summed E-state index contributed by atoms with van der Waals surface area (Å²) in [6.07, 6.45) is 2.83. The van der Waals surface area contributed by atoms with Crippen molar-refractivity contribution in [3.05, 3.63) is 46.8 Å². The molecule has 2 heterocycles. The number of nitrogens with one attached hydrogen (secondary N) is 2. The van der Waals surface area contributed by atoms with Crippen molar-refractivity contribution < 1.29 is 9.26 Å². The Morgan fingerprint density at radius 3 is 2.96 bits per heavy atom. The van der Waals surface area contributed by atoms with E-state index in [-0.39, 0.29) is 0 Å². The summed E-state index contributed by atoms with van der Waals surface area (Å²) in [5.74, 6) is 2.61. The normalized spacial score (nSPS) is 13.4. The standard InChI is InChI=1S/C19H26N4O2/c1-3-16-12-17(25-23-16)13-22-19(20-4-2)21-9-7-14-5-6-18-15(11-14)8-10-24-18/h5-6,11-12H,3-4,7-10,13H2,1-2H3,(H2,20,21,22). The highest BCUT2D eigenvalue weighted by atomic mass is 16.5. The third-order valence-electron chi connectivity index (χ3n) is 4.17. The highest BCUT2D eigenvalue weighted by Crippen LogP contribution is 2.25. The highest BCUT2D eigenvalue weighted by molar-refractivity contribution is 5.79. The molecule has 6 heteroatoms. The molecule has 0 aliphatic carbocycles. The smallest absolute Gasteiger partial charge is 0.191 e. The summed E-state index contributed by atoms with van der Waals surface area (Å²) in [5.41, 5.74) is 3.59. The number of hydrogen-bond donors (Lipinski definition) is 2. The third kappa shape index (κ3) is 4.75. The molecule has 0 unspecified atom stereocenters. The Kier molecular flexibility index (Phi) is 5.93. The zero-order valence-corrected chi connectivity index (χ0v) is 15.0. The van der Waals surface area contributed by atoms with Crippen molar-refractivity contribution in [3.63, 3.8) is 0 Å². The van der Waals surface area contributed by atoms with Crippen LogP contribution in [0.25, 0.3) is 0 Å². The second-order valence-corrected chi connectivity index (χ2v) is 6.05. The van der Waals surface area contributed by atoms with E-state index >= 15 is 0 Å². The van der Waals surface area contributed by atoms with Crippen LogP contribution in [-0.2, 0) is 25.8 Å². The molecule has 1 aliphatic heterocycles. The van der Waals surface area contributed by atoms with E-state index in [1.54, 1.807) is 0 Å². The van der Waals surface area contributed by atoms with E-state index in [1.165, 1.54) is 11.1 Å². The van der Waals surface area contributed by atoms with E-state index in [0.717, 1.165) is 62.1 Å². The molecule has 0 spiro atoms. The van der Waals surface area contributed by atoms with E-state index in [2.05, 4.69) is 52.8 Å². The molecule has 0 fully saturated rings. The molecule has 0 radical (unpaired) electrons. The van der Waals surface area contributed by atoms with Gasteiger partial charge >= 0.3 is 0 Å². The van der Waals surface area contributed by atoms with Gasteiger partial charge < -0.3 is 19.9 Å². The second-order valence-electron chi connectivity index (χ2n) is 6.05. The van der Waals surface area contributed by atoms with Gasteiger partial charge in [-0.15, -0.1) is 0 Å². The number of aryl methyl sites for hydroxylation is 1. The van der Waals surface area contributed by atoms with Gasteiger partial charge in [0.1, 0.15) is 12.3 Å². The van der Waals surface area contributed by atoms with Crippen molar-refractivity contribution in [2.75, 3.05) is 19.7 Å². The summed E-state index contributed by atoms with van der Waals surface area (Å²) in [6.45, 7) is 7.04. The van der Waals surface area contributed by atoms with E-state index < -0.39 is 0 Å². The van der Waals surface area contributed by atoms with Gasteiger partial charge in [-0.1, -0.05) is 24.2 Å². The van der Waals surface area contributed by atoms with Gasteiger partial charge in [0.15, 0.2) is 11.7 Å². The first kappa shape index (κ1) is 17.3. The first-order valence-corrected chi connectivity index (χ1v) is 8.99. The lowest BCUT2D eigenvalue weighted by molar-refractivity contribution is 0.357. The number of hydrogen-bond acceptors (Lipinski definition) is 4. The summed E-state index contributed by atoms with van der Waals surface area (Å²) in [7, 11) is 0. The van der Waals surface area contributed by atoms with Crippen LogP contribution in [0.4, 0.5) is 0 Å². The zero-order valence-electron chi connectivity index (χ0n) is 15.0. The van der Waals surface area contributed by atoms with Crippen LogP contribution < -0.4 is 15.4 Å². The molecule has 6 nitrogen and oxygen atoms in total. The summed E-state index contributed by atoms with van der Waals surface area (Å²) in [5, 5.41) is 10.6. The fourth-order valence-electron chi connectivity index (χ4n) is 2.82. The Morgan fingerprint density at radius 1 is 1.24 bits per heavy atom. The average Bonchev–Trinajstić information content (AvgIpc) is 3.28. The first-order valence-electron chi connectivity index (χ1n) is 8.99. The van der Waals surface area contributed by atoms with Gasteiger partial charge in [-0.05, 0) is 37.0 Å². The van der Waals surface area contributed by atoms with E-state index in [0.29, 0.717) is 6.54 Å². The monoisotopic (exact) mass is 342 g/mol. The maximum Gasteiger partial charge on any atom is 0.191 e. The molecule has 2 N–H and O–H groups in total. The summed E-state index contributed by atoms with van der Waals surface area (Å²) in [4.78, 5) is 4.56. The molecule has 3 rings (SSSR count). The fraction of sp³-hybridized carbons (Fsp3) is 0.474. The number of aromatic nitrogens is 1. The Morgan fingerprint density at radius 2 is 2.16 bits per heavy atom. The quantitative estimate of drug-likeness (QED) is 0.597. The largest absolute Gasteiger partial charge is 0.493 e. The number of ether oxygens (including phenoxy) is 1. The summed E-state index contributed by atoms with van der Waals surface area (Å²) >= 11 is 0. The number of aliphatic imine (C=N–C) groups is 1. The van der Waals surface area contributed by atoms with Crippen molar-refractivity contribution in [1.29, 1.82) is 0 Å². The molecule has 25 heavy (non-hydrogen) atoms. The number of guanidine groups is 1. The van der Waals surface area contributed by atoms with Crippen LogP contribution in [0.5, 0.6) is 5.75 Å². The third-order valence-corrected chi connectivity index (χ3v) is 4.17. The van der Waals surface area contributed by atoms with Gasteiger partial charge in [-0.3, -0.25) is 0 Å². The Hall–Kier alpha value is -2.50. The molecular weight excluding hydrogens is 316 g/mol. The molecule has 134 valence electrons. The number of nitrogens with zero attached hydrogens (tertiary/aromatic N) is 2. The number of benzene rings is 1. The minimum Gasteiger partial charge on any atom is -0.493 e. The molecule has 0 bridgehead atoms. The molecule has 1 aromatic carbocycles. The molecule has 1 aliphatic rings. The Labute approximate surface area is 148 Å². The molecule has 0 saturated heterocycles. The van der Waals surface area contributed by atoms with Crippen molar-refractivity contribution in [2.45, 2.75) is 39.7 Å². The Bertz CT molecular complexity index is 724. The van der Waals surface area contributed by atoms with Gasteiger partial charge in [0.05, 0.1) is 12.3 Å². The maximum atomic E-state index is 5.55. The first-order chi connectivity index (χ1) is 12.3. The lowest BCUT2D eigenvalue weighted by Gasteiger charge is -2.11. The van der Waals surface area contributed by atoms with Crippen molar-refractivity contribution in [1.82, 2.24) is 15.8 Å². The lowest BCUT2D eigenvalue weighted by atomic mass is 10.1. The molecule has 0 atom stereocenters. The van der Waals surface area contributed by atoms with Crippen LogP contribution in [0.15, 0.2) is 33.8 Å². The van der Waals surface area contributed by atoms with Gasteiger partial charge in [-0.2, -0.15) is 0 Å². The fourth-order valence-corrected chi connectivity index (χ4v) is 2.82. The SMILES string of the molecule is CCNC(=NCc1cc(CC)no1)NCCc1ccc2c(c1)CCO2. The molecule has 1 aromatic heterocycles. The van der Waals surface area contributed by atoms with E-state index in [4.69, 9.17) is 9.26 Å². The van der Waals surface area contributed by atoms with Crippen molar-refractivity contribution in [2.24, 2.45) is 4.99 Å². The van der Waals surface area contributed by atoms with E-state index in [1.807, 2.05) is 6.07 Å². The Balaban J connectivity index is 1.51. The van der Waals surface area contributed by atoms with Crippen LogP contribution in [-0.4, -0.2) is 30.8 Å². The second kappa shape index (κ2) is 8.55. The molecule has 0 saturated carbocycles.